The number of carbonyl (C=O) groups is 3. The molecule has 2 saturated heterocycles. The van der Waals surface area contributed by atoms with Gasteiger partial charge in [0.05, 0.1) is 20.2 Å². The number of nitrogens with zero attached hydrogens (tertiary/aromatic N) is 4. The molecule has 1 aliphatic carbocycles. The Morgan fingerprint density at radius 2 is 1.74 bits per heavy atom. The Hall–Kier alpha value is -3.47. The lowest BCUT2D eigenvalue weighted by Crippen LogP contribution is -2.75. The average Bonchev–Trinajstić information content (AvgIpc) is 3.20. The highest BCUT2D eigenvalue weighted by Gasteiger charge is 2.50. The van der Waals surface area contributed by atoms with Crippen LogP contribution in [0.5, 0.6) is 5.75 Å². The fourth-order valence-electron chi connectivity index (χ4n) is 4.82. The fourth-order valence-corrected chi connectivity index (χ4v) is 4.82. The van der Waals surface area contributed by atoms with E-state index in [1.54, 1.807) is 36.1 Å². The summed E-state index contributed by atoms with van der Waals surface area (Å²) in [4.78, 5) is 41.2. The molecule has 2 heterocycles. The number of methoxy groups -OCH3 is 2. The summed E-state index contributed by atoms with van der Waals surface area (Å²) < 4.78 is 10.1. The number of piperazine rings is 1. The molecule has 1 unspecified atom stereocenters. The molecule has 10 nitrogen and oxygen atoms in total. The maximum Gasteiger partial charge on any atom is 0.246 e. The van der Waals surface area contributed by atoms with Gasteiger partial charge in [0.2, 0.25) is 18.2 Å². The molecule has 206 valence electrons. The zero-order valence-electron chi connectivity index (χ0n) is 22.7. The molecule has 3 amide bonds. The number of rotatable bonds is 9. The SMILES string of the molecule is CNCc1ccc(OC)cc1.COCCCN1CC2N(C(=O)CN(C)N2C=O)[C@@H](C2C=CC=CC=C2)C1=O. The van der Waals surface area contributed by atoms with Crippen molar-refractivity contribution in [3.05, 3.63) is 66.3 Å². The predicted molar refractivity (Wildman–Crippen MR) is 145 cm³/mol. The number of hydrogen-bond acceptors (Lipinski definition) is 7. The van der Waals surface area contributed by atoms with Crippen molar-refractivity contribution in [1.29, 1.82) is 0 Å². The molecule has 0 bridgehead atoms. The molecular formula is C28H39N5O5. The zero-order chi connectivity index (χ0) is 27.5. The summed E-state index contributed by atoms with van der Waals surface area (Å²) in [6.07, 6.45) is 12.3. The smallest absolute Gasteiger partial charge is 0.246 e. The monoisotopic (exact) mass is 525 g/mol. The summed E-state index contributed by atoms with van der Waals surface area (Å²) in [6.45, 7) is 2.35. The first-order valence-corrected chi connectivity index (χ1v) is 12.8. The second kappa shape index (κ2) is 14.5. The second-order valence-corrected chi connectivity index (χ2v) is 9.27. The maximum atomic E-state index is 13.3. The summed E-state index contributed by atoms with van der Waals surface area (Å²) in [5.74, 6) is 0.424. The van der Waals surface area contributed by atoms with E-state index in [1.165, 1.54) is 10.6 Å². The van der Waals surface area contributed by atoms with Gasteiger partial charge in [-0.15, -0.1) is 0 Å². The number of carbonyl (C=O) groups excluding carboxylic acids is 3. The van der Waals surface area contributed by atoms with Crippen LogP contribution in [0, 0.1) is 5.92 Å². The van der Waals surface area contributed by atoms with Gasteiger partial charge in [-0.1, -0.05) is 48.6 Å². The van der Waals surface area contributed by atoms with Crippen molar-refractivity contribution in [2.75, 3.05) is 54.6 Å². The van der Waals surface area contributed by atoms with Crippen LogP contribution in [0.15, 0.2) is 60.7 Å². The lowest BCUT2D eigenvalue weighted by atomic mass is 9.92. The van der Waals surface area contributed by atoms with Crippen molar-refractivity contribution in [3.8, 4) is 5.75 Å². The summed E-state index contributed by atoms with van der Waals surface area (Å²) in [5, 5.41) is 6.20. The fraction of sp³-hybridized carbons (Fsp3) is 0.464. The van der Waals surface area contributed by atoms with Crippen molar-refractivity contribution in [3.63, 3.8) is 0 Å². The van der Waals surface area contributed by atoms with Crippen LogP contribution in [0.1, 0.15) is 12.0 Å². The van der Waals surface area contributed by atoms with Crippen LogP contribution < -0.4 is 10.1 Å². The first kappa shape index (κ1) is 29.1. The van der Waals surface area contributed by atoms with Gasteiger partial charge in [0.25, 0.3) is 0 Å². The highest BCUT2D eigenvalue weighted by Crippen LogP contribution is 2.30. The molecule has 38 heavy (non-hydrogen) atoms. The van der Waals surface area contributed by atoms with E-state index in [2.05, 4.69) is 17.4 Å². The quantitative estimate of drug-likeness (QED) is 0.385. The Morgan fingerprint density at radius 1 is 1.05 bits per heavy atom. The number of fused-ring (bicyclic) bond motifs is 1. The molecule has 2 fully saturated rings. The summed E-state index contributed by atoms with van der Waals surface area (Å²) in [7, 11) is 6.94. The lowest BCUT2D eigenvalue weighted by Gasteiger charge is -2.54. The summed E-state index contributed by atoms with van der Waals surface area (Å²) in [6, 6.07) is 7.37. The summed E-state index contributed by atoms with van der Waals surface area (Å²) in [5.41, 5.74) is 1.27. The molecule has 0 spiro atoms. The third-order valence-corrected chi connectivity index (χ3v) is 6.71. The largest absolute Gasteiger partial charge is 0.497 e. The molecule has 1 N–H and O–H groups in total. The molecule has 10 heteroatoms. The lowest BCUT2D eigenvalue weighted by molar-refractivity contribution is -0.197. The van der Waals surface area contributed by atoms with Gasteiger partial charge >= 0.3 is 0 Å². The number of likely N-dealkylation sites (N-methyl/N-ethyl adjacent to an activating group) is 1. The maximum absolute atomic E-state index is 13.3. The van der Waals surface area contributed by atoms with Crippen LogP contribution in [0.4, 0.5) is 0 Å². The minimum absolute atomic E-state index is 0.0705. The Balaban J connectivity index is 0.000000304. The molecule has 0 saturated carbocycles. The van der Waals surface area contributed by atoms with E-state index in [0.717, 1.165) is 18.7 Å². The number of hydrogen-bond donors (Lipinski definition) is 1. The van der Waals surface area contributed by atoms with E-state index < -0.39 is 12.2 Å². The number of nitrogens with one attached hydrogen (secondary N) is 1. The van der Waals surface area contributed by atoms with Crippen LogP contribution in [0.25, 0.3) is 0 Å². The number of benzene rings is 1. The minimum Gasteiger partial charge on any atom is -0.497 e. The Kier molecular flexibility index (Phi) is 11.1. The third kappa shape index (κ3) is 7.09. The van der Waals surface area contributed by atoms with Gasteiger partial charge in [-0.2, -0.15) is 0 Å². The van der Waals surface area contributed by atoms with Gasteiger partial charge in [-0.3, -0.25) is 19.4 Å². The van der Waals surface area contributed by atoms with E-state index in [9.17, 15) is 14.4 Å². The van der Waals surface area contributed by atoms with E-state index in [-0.39, 0.29) is 24.3 Å². The summed E-state index contributed by atoms with van der Waals surface area (Å²) >= 11 is 0. The van der Waals surface area contributed by atoms with Crippen molar-refractivity contribution in [2.24, 2.45) is 5.92 Å². The van der Waals surface area contributed by atoms with Crippen LogP contribution in [-0.2, 0) is 25.7 Å². The molecule has 2 aliphatic heterocycles. The number of ether oxygens (including phenoxy) is 2. The van der Waals surface area contributed by atoms with Gasteiger partial charge < -0.3 is 24.6 Å². The van der Waals surface area contributed by atoms with E-state index in [0.29, 0.717) is 26.1 Å². The van der Waals surface area contributed by atoms with Crippen LogP contribution in [-0.4, -0.2) is 105 Å². The molecule has 1 aromatic carbocycles. The third-order valence-electron chi connectivity index (χ3n) is 6.71. The number of amides is 3. The van der Waals surface area contributed by atoms with Crippen LogP contribution >= 0.6 is 0 Å². The average molecular weight is 526 g/mol. The number of hydrazine groups is 1. The predicted octanol–water partition coefficient (Wildman–Crippen LogP) is 1.42. The van der Waals surface area contributed by atoms with Crippen LogP contribution in [0.3, 0.4) is 0 Å². The molecular weight excluding hydrogens is 486 g/mol. The Bertz CT molecular complexity index is 1010. The van der Waals surface area contributed by atoms with Crippen LogP contribution in [0.2, 0.25) is 0 Å². The van der Waals surface area contributed by atoms with Crippen molar-refractivity contribution in [2.45, 2.75) is 25.2 Å². The molecule has 1 aromatic rings. The minimum atomic E-state index is -0.664. The van der Waals surface area contributed by atoms with Gasteiger partial charge in [-0.25, -0.2) is 5.01 Å². The Labute approximate surface area is 225 Å². The molecule has 2 atom stereocenters. The normalized spacial score (nSPS) is 21.6. The zero-order valence-corrected chi connectivity index (χ0v) is 22.7. The van der Waals surface area contributed by atoms with Gasteiger partial charge in [0.15, 0.2) is 0 Å². The molecule has 4 rings (SSSR count). The first-order chi connectivity index (χ1) is 18.4. The molecule has 0 aromatic heterocycles. The van der Waals surface area contributed by atoms with Gasteiger partial charge in [-0.05, 0) is 31.2 Å². The van der Waals surface area contributed by atoms with Crippen molar-refractivity contribution in [1.82, 2.24) is 25.1 Å². The van der Waals surface area contributed by atoms with Gasteiger partial charge in [0.1, 0.15) is 18.0 Å². The van der Waals surface area contributed by atoms with E-state index in [4.69, 9.17) is 9.47 Å². The van der Waals surface area contributed by atoms with Gasteiger partial charge in [0, 0.05) is 39.8 Å². The standard InChI is InChI=1S/C19H26N4O4.C9H13NO/c1-20-13-17(25)23-16(22(20)14-24)12-21(10-7-11-27-2)19(26)18(23)15-8-5-3-4-6-9-15;1-10-7-8-3-5-9(11-2)6-4-8/h3-6,8-9,14-16,18H,7,10-13H2,1-2H3;3-6,10H,7H2,1-2H3/t16?,18-;/m0./s1. The topological polar surface area (TPSA) is 94.7 Å². The first-order valence-electron chi connectivity index (χ1n) is 12.8. The van der Waals surface area contributed by atoms with E-state index >= 15 is 0 Å². The molecule has 3 aliphatic rings. The second-order valence-electron chi connectivity index (χ2n) is 9.27. The highest BCUT2D eigenvalue weighted by molar-refractivity contribution is 5.91. The molecule has 0 radical (unpaired) electrons. The van der Waals surface area contributed by atoms with Crippen molar-refractivity contribution >= 4 is 18.2 Å². The highest BCUT2D eigenvalue weighted by atomic mass is 16.5. The number of allylic oxidation sites excluding steroid dienone is 4. The van der Waals surface area contributed by atoms with E-state index in [1.807, 2.05) is 55.6 Å². The van der Waals surface area contributed by atoms with Crippen molar-refractivity contribution < 1.29 is 23.9 Å². The Morgan fingerprint density at radius 3 is 2.32 bits per heavy atom.